The maximum Gasteiger partial charge on any atom is 0.338 e. The summed E-state index contributed by atoms with van der Waals surface area (Å²) < 4.78 is 10.7. The molecule has 0 saturated carbocycles. The molecule has 4 heteroatoms. The number of esters is 1. The lowest BCUT2D eigenvalue weighted by molar-refractivity contribution is 0.00739. The van der Waals surface area contributed by atoms with Crippen LogP contribution in [0.4, 0.5) is 0 Å². The van der Waals surface area contributed by atoms with Gasteiger partial charge in [0.2, 0.25) is 0 Å². The van der Waals surface area contributed by atoms with Crippen LogP contribution >= 0.6 is 0 Å². The number of piperidine rings is 2. The van der Waals surface area contributed by atoms with Crippen molar-refractivity contribution in [1.29, 1.82) is 0 Å². The summed E-state index contributed by atoms with van der Waals surface area (Å²) in [4.78, 5) is 14.8. The van der Waals surface area contributed by atoms with Gasteiger partial charge in [-0.2, -0.15) is 0 Å². The van der Waals surface area contributed by atoms with Crippen LogP contribution in [0.1, 0.15) is 42.5 Å². The minimum Gasteiger partial charge on any atom is -0.497 e. The molecule has 2 heterocycles. The number of methoxy groups -OCH3 is 1. The largest absolute Gasteiger partial charge is 0.497 e. The van der Waals surface area contributed by atoms with Gasteiger partial charge in [0.15, 0.2) is 0 Å². The van der Waals surface area contributed by atoms with Crippen LogP contribution < -0.4 is 4.74 Å². The van der Waals surface area contributed by atoms with Crippen molar-refractivity contribution in [3.8, 4) is 5.75 Å². The van der Waals surface area contributed by atoms with Crippen molar-refractivity contribution in [2.24, 2.45) is 5.92 Å². The molecule has 0 aliphatic carbocycles. The van der Waals surface area contributed by atoms with Crippen LogP contribution in [0.5, 0.6) is 5.75 Å². The average molecular weight is 303 g/mol. The highest BCUT2D eigenvalue weighted by Crippen LogP contribution is 2.31. The van der Waals surface area contributed by atoms with Crippen LogP contribution in [0, 0.1) is 5.92 Å². The normalized spacial score (nSPS) is 25.3. The maximum atomic E-state index is 12.2. The quantitative estimate of drug-likeness (QED) is 0.801. The van der Waals surface area contributed by atoms with Gasteiger partial charge in [0.1, 0.15) is 5.75 Å². The van der Waals surface area contributed by atoms with E-state index in [0.717, 1.165) is 5.75 Å². The Morgan fingerprint density at radius 2 is 1.91 bits per heavy atom. The first-order valence-electron chi connectivity index (χ1n) is 8.33. The Labute approximate surface area is 132 Å². The summed E-state index contributed by atoms with van der Waals surface area (Å²) in [7, 11) is 1.62. The van der Waals surface area contributed by atoms with Gasteiger partial charge in [0, 0.05) is 12.0 Å². The molecule has 0 unspecified atom stereocenters. The number of fused-ring (bicyclic) bond motifs is 1. The van der Waals surface area contributed by atoms with Gasteiger partial charge in [0.25, 0.3) is 0 Å². The first kappa shape index (κ1) is 15.3. The molecule has 1 aromatic rings. The van der Waals surface area contributed by atoms with Gasteiger partial charge in [-0.05, 0) is 63.0 Å². The minimum atomic E-state index is -0.226. The van der Waals surface area contributed by atoms with Crippen LogP contribution in [-0.4, -0.2) is 43.7 Å². The summed E-state index contributed by atoms with van der Waals surface area (Å²) in [5, 5.41) is 0. The van der Waals surface area contributed by atoms with Crippen LogP contribution in [0.25, 0.3) is 0 Å². The molecule has 2 aliphatic rings. The van der Waals surface area contributed by atoms with E-state index in [2.05, 4.69) is 4.90 Å². The Morgan fingerprint density at radius 1 is 1.14 bits per heavy atom. The number of hydrogen-bond donors (Lipinski definition) is 0. The summed E-state index contributed by atoms with van der Waals surface area (Å²) >= 11 is 0. The highest BCUT2D eigenvalue weighted by molar-refractivity contribution is 5.89. The van der Waals surface area contributed by atoms with Crippen molar-refractivity contribution in [2.45, 2.75) is 38.1 Å². The summed E-state index contributed by atoms with van der Waals surface area (Å²) in [6, 6.07) is 7.72. The van der Waals surface area contributed by atoms with Crippen LogP contribution in [0.2, 0.25) is 0 Å². The van der Waals surface area contributed by atoms with Crippen molar-refractivity contribution >= 4 is 5.97 Å². The van der Waals surface area contributed by atoms with Crippen LogP contribution in [-0.2, 0) is 4.74 Å². The standard InChI is InChI=1S/C18H25NO3/c1-21-16-9-7-14(8-10-16)18(20)22-13-15-5-4-12-19-11-3-2-6-17(15)19/h7-10,15,17H,2-6,11-13H2,1H3/t15-,17-/m1/s1. The zero-order valence-corrected chi connectivity index (χ0v) is 13.3. The maximum absolute atomic E-state index is 12.2. The second-order valence-corrected chi connectivity index (χ2v) is 6.33. The van der Waals surface area contributed by atoms with E-state index in [-0.39, 0.29) is 5.97 Å². The first-order valence-corrected chi connectivity index (χ1v) is 8.33. The van der Waals surface area contributed by atoms with Gasteiger partial charge >= 0.3 is 5.97 Å². The van der Waals surface area contributed by atoms with Crippen molar-refractivity contribution in [1.82, 2.24) is 4.90 Å². The van der Waals surface area contributed by atoms with E-state index in [0.29, 0.717) is 24.1 Å². The molecule has 0 N–H and O–H groups in total. The fourth-order valence-corrected chi connectivity index (χ4v) is 3.76. The van der Waals surface area contributed by atoms with Gasteiger partial charge in [-0.15, -0.1) is 0 Å². The van der Waals surface area contributed by atoms with Crippen molar-refractivity contribution in [3.63, 3.8) is 0 Å². The SMILES string of the molecule is COc1ccc(C(=O)OC[C@H]2CCCN3CCCC[C@H]23)cc1. The fraction of sp³-hybridized carbons (Fsp3) is 0.611. The lowest BCUT2D eigenvalue weighted by atomic mass is 9.84. The molecule has 4 nitrogen and oxygen atoms in total. The van der Waals surface area contributed by atoms with Crippen molar-refractivity contribution < 1.29 is 14.3 Å². The molecule has 22 heavy (non-hydrogen) atoms. The van der Waals surface area contributed by atoms with E-state index in [9.17, 15) is 4.79 Å². The number of hydrogen-bond acceptors (Lipinski definition) is 4. The van der Waals surface area contributed by atoms with E-state index >= 15 is 0 Å². The molecular formula is C18H25NO3. The molecule has 0 aromatic heterocycles. The molecule has 2 saturated heterocycles. The summed E-state index contributed by atoms with van der Waals surface area (Å²) in [6.07, 6.45) is 6.28. The molecule has 3 rings (SSSR count). The lowest BCUT2D eigenvalue weighted by Crippen LogP contribution is -2.49. The Hall–Kier alpha value is -1.55. The highest BCUT2D eigenvalue weighted by atomic mass is 16.5. The molecule has 120 valence electrons. The lowest BCUT2D eigenvalue weighted by Gasteiger charge is -2.44. The van der Waals surface area contributed by atoms with Gasteiger partial charge in [-0.1, -0.05) is 6.42 Å². The topological polar surface area (TPSA) is 38.8 Å². The number of carbonyl (C=O) groups excluding carboxylic acids is 1. The van der Waals surface area contributed by atoms with Gasteiger partial charge in [-0.25, -0.2) is 4.79 Å². The number of nitrogens with zero attached hydrogens (tertiary/aromatic N) is 1. The number of ether oxygens (including phenoxy) is 2. The van der Waals surface area contributed by atoms with E-state index in [1.54, 1.807) is 31.4 Å². The third kappa shape index (κ3) is 3.43. The third-order valence-electron chi connectivity index (χ3n) is 4.98. The average Bonchev–Trinajstić information content (AvgIpc) is 2.59. The van der Waals surface area contributed by atoms with Crippen LogP contribution in [0.15, 0.2) is 24.3 Å². The zero-order chi connectivity index (χ0) is 15.4. The number of rotatable bonds is 4. The summed E-state index contributed by atoms with van der Waals surface area (Å²) in [6.45, 7) is 2.98. The van der Waals surface area contributed by atoms with E-state index in [4.69, 9.17) is 9.47 Å². The third-order valence-corrected chi connectivity index (χ3v) is 4.98. The van der Waals surface area contributed by atoms with Gasteiger partial charge in [-0.3, -0.25) is 4.90 Å². The molecule has 0 spiro atoms. The van der Waals surface area contributed by atoms with E-state index in [1.807, 2.05) is 0 Å². The van der Waals surface area contributed by atoms with E-state index < -0.39 is 0 Å². The molecule has 2 aliphatic heterocycles. The fourth-order valence-electron chi connectivity index (χ4n) is 3.76. The molecule has 1 aromatic carbocycles. The van der Waals surface area contributed by atoms with Crippen molar-refractivity contribution in [3.05, 3.63) is 29.8 Å². The zero-order valence-electron chi connectivity index (χ0n) is 13.3. The second kappa shape index (κ2) is 7.14. The van der Waals surface area contributed by atoms with Crippen molar-refractivity contribution in [2.75, 3.05) is 26.8 Å². The predicted octanol–water partition coefficient (Wildman–Crippen LogP) is 3.12. The monoisotopic (exact) mass is 303 g/mol. The summed E-state index contributed by atoms with van der Waals surface area (Å²) in [5.41, 5.74) is 0.595. The molecule has 0 radical (unpaired) electrons. The molecule has 0 amide bonds. The molecule has 2 fully saturated rings. The molecule has 2 atom stereocenters. The smallest absolute Gasteiger partial charge is 0.338 e. The van der Waals surface area contributed by atoms with E-state index in [1.165, 1.54) is 45.2 Å². The Kier molecular flexibility index (Phi) is 4.98. The van der Waals surface area contributed by atoms with Crippen LogP contribution in [0.3, 0.4) is 0 Å². The summed E-state index contributed by atoms with van der Waals surface area (Å²) in [5.74, 6) is 1.02. The Morgan fingerprint density at radius 3 is 2.68 bits per heavy atom. The molecular weight excluding hydrogens is 278 g/mol. The predicted molar refractivity (Wildman–Crippen MR) is 85.2 cm³/mol. The number of benzene rings is 1. The minimum absolute atomic E-state index is 0.226. The first-order chi connectivity index (χ1) is 10.8. The van der Waals surface area contributed by atoms with Gasteiger partial charge in [0.05, 0.1) is 19.3 Å². The Balaban J connectivity index is 1.55. The number of carbonyl (C=O) groups is 1. The molecule has 0 bridgehead atoms. The Bertz CT molecular complexity index is 498. The van der Waals surface area contributed by atoms with Gasteiger partial charge < -0.3 is 9.47 Å². The highest BCUT2D eigenvalue weighted by Gasteiger charge is 2.33. The second-order valence-electron chi connectivity index (χ2n) is 6.33.